The Morgan fingerprint density at radius 2 is 1.95 bits per heavy atom. The Bertz CT molecular complexity index is 461. The van der Waals surface area contributed by atoms with Gasteiger partial charge in [0, 0.05) is 26.1 Å². The molecule has 6 heteroatoms. The van der Waals surface area contributed by atoms with Gasteiger partial charge in [0.25, 0.3) is 0 Å². The predicted octanol–water partition coefficient (Wildman–Crippen LogP) is 0.711. The molecule has 2 amide bonds. The molecular formula is C15H22N2O4. The zero-order valence-corrected chi connectivity index (χ0v) is 12.2. The summed E-state index contributed by atoms with van der Waals surface area (Å²) in [4.78, 5) is 39.2. The topological polar surface area (TPSA) is 77.9 Å². The van der Waals surface area contributed by atoms with Crippen LogP contribution in [-0.4, -0.2) is 58.4 Å². The molecule has 1 aliphatic carbocycles. The molecule has 1 N–H and O–H groups in total. The Balaban J connectivity index is 1.64. The molecule has 0 aromatic rings. The number of piperidine rings is 1. The second-order valence-corrected chi connectivity index (χ2v) is 6.52. The SMILES string of the molecule is O=C(O)[C@H]1CCCCN1C(=O)C1CC(=O)N(CC2CC2)C1. The summed E-state index contributed by atoms with van der Waals surface area (Å²) < 4.78 is 0. The summed E-state index contributed by atoms with van der Waals surface area (Å²) in [6.45, 7) is 1.74. The molecule has 2 heterocycles. The number of likely N-dealkylation sites (tertiary alicyclic amines) is 2. The molecular weight excluding hydrogens is 272 g/mol. The van der Waals surface area contributed by atoms with Crippen molar-refractivity contribution in [2.45, 2.75) is 44.6 Å². The molecule has 0 radical (unpaired) electrons. The van der Waals surface area contributed by atoms with Crippen molar-refractivity contribution < 1.29 is 19.5 Å². The van der Waals surface area contributed by atoms with E-state index in [1.165, 1.54) is 17.7 Å². The third-order valence-corrected chi connectivity index (χ3v) is 4.81. The first-order chi connectivity index (χ1) is 10.1. The lowest BCUT2D eigenvalue weighted by molar-refractivity contribution is -0.153. The van der Waals surface area contributed by atoms with Gasteiger partial charge < -0.3 is 14.9 Å². The molecule has 3 fully saturated rings. The highest BCUT2D eigenvalue weighted by molar-refractivity contribution is 5.91. The fourth-order valence-corrected chi connectivity index (χ4v) is 3.41. The molecule has 0 spiro atoms. The summed E-state index contributed by atoms with van der Waals surface area (Å²) in [6.07, 6.45) is 4.81. The van der Waals surface area contributed by atoms with E-state index in [-0.39, 0.29) is 24.2 Å². The minimum atomic E-state index is -0.929. The number of aliphatic carboxylic acids is 1. The maximum absolute atomic E-state index is 12.6. The zero-order chi connectivity index (χ0) is 15.0. The van der Waals surface area contributed by atoms with Gasteiger partial charge in [0.15, 0.2) is 0 Å². The number of carbonyl (C=O) groups is 3. The monoisotopic (exact) mass is 294 g/mol. The highest BCUT2D eigenvalue weighted by atomic mass is 16.4. The lowest BCUT2D eigenvalue weighted by atomic mass is 9.98. The zero-order valence-electron chi connectivity index (χ0n) is 12.2. The van der Waals surface area contributed by atoms with Gasteiger partial charge in [0.05, 0.1) is 5.92 Å². The summed E-state index contributed by atoms with van der Waals surface area (Å²) in [7, 11) is 0. The van der Waals surface area contributed by atoms with E-state index in [0.717, 1.165) is 19.4 Å². The molecule has 0 aromatic heterocycles. The van der Waals surface area contributed by atoms with Crippen LogP contribution in [0, 0.1) is 11.8 Å². The molecule has 2 atom stereocenters. The number of carbonyl (C=O) groups excluding carboxylic acids is 2. The van der Waals surface area contributed by atoms with E-state index < -0.39 is 12.0 Å². The van der Waals surface area contributed by atoms with Gasteiger partial charge in [-0.2, -0.15) is 0 Å². The quantitative estimate of drug-likeness (QED) is 0.828. The van der Waals surface area contributed by atoms with Crippen LogP contribution in [0.3, 0.4) is 0 Å². The number of hydrogen-bond acceptors (Lipinski definition) is 3. The van der Waals surface area contributed by atoms with Gasteiger partial charge in [-0.05, 0) is 38.0 Å². The van der Waals surface area contributed by atoms with Crippen LogP contribution in [-0.2, 0) is 14.4 Å². The lowest BCUT2D eigenvalue weighted by Crippen LogP contribution is -2.50. The molecule has 3 rings (SSSR count). The maximum atomic E-state index is 12.6. The van der Waals surface area contributed by atoms with Gasteiger partial charge in [-0.3, -0.25) is 9.59 Å². The first kappa shape index (κ1) is 14.4. The van der Waals surface area contributed by atoms with Crippen molar-refractivity contribution in [3.63, 3.8) is 0 Å². The number of hydrogen-bond donors (Lipinski definition) is 1. The van der Waals surface area contributed by atoms with E-state index in [2.05, 4.69) is 0 Å². The molecule has 6 nitrogen and oxygen atoms in total. The van der Waals surface area contributed by atoms with Crippen LogP contribution in [0.4, 0.5) is 0 Å². The van der Waals surface area contributed by atoms with Crippen molar-refractivity contribution in [2.75, 3.05) is 19.6 Å². The van der Waals surface area contributed by atoms with Gasteiger partial charge in [0.1, 0.15) is 6.04 Å². The van der Waals surface area contributed by atoms with Crippen LogP contribution in [0.2, 0.25) is 0 Å². The van der Waals surface area contributed by atoms with Crippen molar-refractivity contribution in [1.29, 1.82) is 0 Å². The van der Waals surface area contributed by atoms with Crippen LogP contribution in [0.1, 0.15) is 38.5 Å². The van der Waals surface area contributed by atoms with Crippen LogP contribution in [0.25, 0.3) is 0 Å². The van der Waals surface area contributed by atoms with Crippen molar-refractivity contribution in [1.82, 2.24) is 9.80 Å². The average Bonchev–Trinajstić information content (AvgIpc) is 3.21. The highest BCUT2D eigenvalue weighted by Gasteiger charge is 2.41. The molecule has 0 aromatic carbocycles. The van der Waals surface area contributed by atoms with Gasteiger partial charge >= 0.3 is 5.97 Å². The third kappa shape index (κ3) is 3.04. The normalized spacial score (nSPS) is 29.8. The Morgan fingerprint density at radius 3 is 2.62 bits per heavy atom. The Kier molecular flexibility index (Phi) is 3.87. The smallest absolute Gasteiger partial charge is 0.326 e. The lowest BCUT2D eigenvalue weighted by Gasteiger charge is -2.34. The predicted molar refractivity (Wildman–Crippen MR) is 74.4 cm³/mol. The van der Waals surface area contributed by atoms with Gasteiger partial charge in [-0.1, -0.05) is 0 Å². The first-order valence-corrected chi connectivity index (χ1v) is 7.87. The Hall–Kier alpha value is -1.59. The maximum Gasteiger partial charge on any atom is 0.326 e. The van der Waals surface area contributed by atoms with Crippen molar-refractivity contribution >= 4 is 17.8 Å². The summed E-state index contributed by atoms with van der Waals surface area (Å²) >= 11 is 0. The van der Waals surface area contributed by atoms with E-state index in [1.54, 1.807) is 4.90 Å². The average molecular weight is 294 g/mol. The van der Waals surface area contributed by atoms with E-state index in [1.807, 2.05) is 0 Å². The minimum absolute atomic E-state index is 0.0455. The Labute approximate surface area is 124 Å². The van der Waals surface area contributed by atoms with Crippen LogP contribution in [0.5, 0.6) is 0 Å². The molecule has 0 bridgehead atoms. The van der Waals surface area contributed by atoms with Crippen molar-refractivity contribution in [3.05, 3.63) is 0 Å². The van der Waals surface area contributed by atoms with Crippen molar-refractivity contribution in [2.24, 2.45) is 11.8 Å². The van der Waals surface area contributed by atoms with Gasteiger partial charge in [-0.15, -0.1) is 0 Å². The number of amides is 2. The molecule has 21 heavy (non-hydrogen) atoms. The summed E-state index contributed by atoms with van der Waals surface area (Å²) in [6, 6.07) is -0.709. The standard InChI is InChI=1S/C15H22N2O4/c18-13-7-11(9-16(13)8-10-4-5-10)14(19)17-6-2-1-3-12(17)15(20)21/h10-12H,1-9H2,(H,20,21)/t11?,12-/m1/s1. The second kappa shape index (κ2) is 5.66. The van der Waals surface area contributed by atoms with Crippen LogP contribution >= 0.6 is 0 Å². The largest absolute Gasteiger partial charge is 0.480 e. The minimum Gasteiger partial charge on any atom is -0.480 e. The Morgan fingerprint density at radius 1 is 1.19 bits per heavy atom. The summed E-state index contributed by atoms with van der Waals surface area (Å²) in [5.41, 5.74) is 0. The van der Waals surface area contributed by atoms with E-state index in [9.17, 15) is 19.5 Å². The van der Waals surface area contributed by atoms with Crippen LogP contribution in [0.15, 0.2) is 0 Å². The fraction of sp³-hybridized carbons (Fsp3) is 0.800. The summed E-state index contributed by atoms with van der Waals surface area (Å²) in [5, 5.41) is 9.26. The van der Waals surface area contributed by atoms with Crippen molar-refractivity contribution in [3.8, 4) is 0 Å². The van der Waals surface area contributed by atoms with Gasteiger partial charge in [-0.25, -0.2) is 4.79 Å². The molecule has 1 unspecified atom stereocenters. The number of nitrogens with zero attached hydrogens (tertiary/aromatic N) is 2. The first-order valence-electron chi connectivity index (χ1n) is 7.87. The van der Waals surface area contributed by atoms with E-state index in [0.29, 0.717) is 25.4 Å². The fourth-order valence-electron chi connectivity index (χ4n) is 3.41. The van der Waals surface area contributed by atoms with Crippen LogP contribution < -0.4 is 0 Å². The molecule has 2 saturated heterocycles. The summed E-state index contributed by atoms with van der Waals surface area (Å²) in [5.74, 6) is -0.763. The van der Waals surface area contributed by atoms with Gasteiger partial charge in [0.2, 0.25) is 11.8 Å². The second-order valence-electron chi connectivity index (χ2n) is 6.52. The van der Waals surface area contributed by atoms with E-state index >= 15 is 0 Å². The molecule has 116 valence electrons. The highest BCUT2D eigenvalue weighted by Crippen LogP contribution is 2.32. The van der Waals surface area contributed by atoms with E-state index in [4.69, 9.17) is 0 Å². The molecule has 1 saturated carbocycles. The number of rotatable bonds is 4. The number of carboxylic acid groups (broad SMARTS) is 1. The molecule has 3 aliphatic rings. The number of carboxylic acids is 1. The molecule has 2 aliphatic heterocycles. The third-order valence-electron chi connectivity index (χ3n) is 4.81.